The third kappa shape index (κ3) is 4.28. The second-order valence-corrected chi connectivity index (χ2v) is 4.02. The van der Waals surface area contributed by atoms with Gasteiger partial charge in [0.15, 0.2) is 0 Å². The van der Waals surface area contributed by atoms with E-state index in [0.29, 0.717) is 13.2 Å². The highest BCUT2D eigenvalue weighted by Crippen LogP contribution is 2.11. The van der Waals surface area contributed by atoms with Crippen LogP contribution in [0.25, 0.3) is 0 Å². The van der Waals surface area contributed by atoms with E-state index in [1.165, 1.54) is 12.1 Å². The number of hydrogen-bond donors (Lipinski definition) is 2. The predicted octanol–water partition coefficient (Wildman–Crippen LogP) is 3.03. The standard InChI is InChI=1S/C15H15FN2O2/c16-13-8-4-5-9-14(13)18-15(19)17-10-11-20-12-6-2-1-3-7-12/h1-9H,10-11H2,(H2,17,18,19). The average molecular weight is 274 g/mol. The Hall–Kier alpha value is -2.56. The summed E-state index contributed by atoms with van der Waals surface area (Å²) in [6, 6.07) is 14.8. The van der Waals surface area contributed by atoms with E-state index in [1.54, 1.807) is 12.1 Å². The van der Waals surface area contributed by atoms with Gasteiger partial charge in [0.25, 0.3) is 0 Å². The maximum absolute atomic E-state index is 13.3. The van der Waals surface area contributed by atoms with Crippen LogP contribution in [0.5, 0.6) is 5.75 Å². The highest BCUT2D eigenvalue weighted by atomic mass is 19.1. The minimum absolute atomic E-state index is 0.147. The summed E-state index contributed by atoms with van der Waals surface area (Å²) in [6.45, 7) is 0.671. The van der Waals surface area contributed by atoms with Crippen molar-refractivity contribution in [2.75, 3.05) is 18.5 Å². The van der Waals surface area contributed by atoms with Crippen LogP contribution in [0.15, 0.2) is 54.6 Å². The largest absolute Gasteiger partial charge is 0.492 e. The molecule has 104 valence electrons. The lowest BCUT2D eigenvalue weighted by atomic mass is 10.3. The van der Waals surface area contributed by atoms with E-state index >= 15 is 0 Å². The van der Waals surface area contributed by atoms with Gasteiger partial charge in [0.1, 0.15) is 18.2 Å². The molecule has 4 nitrogen and oxygen atoms in total. The number of nitrogens with one attached hydrogen (secondary N) is 2. The molecule has 2 N–H and O–H groups in total. The molecule has 2 rings (SSSR count). The number of rotatable bonds is 5. The second-order valence-electron chi connectivity index (χ2n) is 4.02. The van der Waals surface area contributed by atoms with Gasteiger partial charge >= 0.3 is 6.03 Å². The van der Waals surface area contributed by atoms with Gasteiger partial charge in [-0.1, -0.05) is 30.3 Å². The number of urea groups is 1. The van der Waals surface area contributed by atoms with E-state index in [4.69, 9.17) is 4.74 Å². The Labute approximate surface area is 116 Å². The Balaban J connectivity index is 1.69. The van der Waals surface area contributed by atoms with Crippen LogP contribution in [-0.4, -0.2) is 19.2 Å². The van der Waals surface area contributed by atoms with Crippen molar-refractivity contribution in [3.8, 4) is 5.75 Å². The molecule has 0 unspecified atom stereocenters. The Morgan fingerprint density at radius 3 is 2.50 bits per heavy atom. The lowest BCUT2D eigenvalue weighted by Gasteiger charge is -2.09. The van der Waals surface area contributed by atoms with Crippen LogP contribution in [0.1, 0.15) is 0 Å². The van der Waals surface area contributed by atoms with E-state index in [1.807, 2.05) is 30.3 Å². The molecule has 5 heteroatoms. The zero-order valence-electron chi connectivity index (χ0n) is 10.8. The number of halogens is 1. The van der Waals surface area contributed by atoms with Crippen LogP contribution >= 0.6 is 0 Å². The fraction of sp³-hybridized carbons (Fsp3) is 0.133. The molecule has 2 amide bonds. The van der Waals surface area contributed by atoms with E-state index in [0.717, 1.165) is 5.75 Å². The molecule has 0 heterocycles. The minimum Gasteiger partial charge on any atom is -0.492 e. The Kier molecular flexibility index (Phi) is 4.94. The minimum atomic E-state index is -0.469. The van der Waals surface area contributed by atoms with Crippen molar-refractivity contribution in [1.82, 2.24) is 5.32 Å². The highest BCUT2D eigenvalue weighted by Gasteiger charge is 2.04. The molecule has 0 aliphatic carbocycles. The first-order chi connectivity index (χ1) is 9.75. The number of ether oxygens (including phenoxy) is 1. The fourth-order valence-corrected chi connectivity index (χ4v) is 1.58. The van der Waals surface area contributed by atoms with Gasteiger partial charge in [-0.25, -0.2) is 9.18 Å². The van der Waals surface area contributed by atoms with Crippen molar-refractivity contribution in [3.05, 3.63) is 60.4 Å². The fourth-order valence-electron chi connectivity index (χ4n) is 1.58. The summed E-state index contributed by atoms with van der Waals surface area (Å²) in [6.07, 6.45) is 0. The molecule has 0 saturated carbocycles. The third-order valence-electron chi connectivity index (χ3n) is 2.52. The summed E-state index contributed by atoms with van der Waals surface area (Å²) in [7, 11) is 0. The number of hydrogen-bond acceptors (Lipinski definition) is 2. The SMILES string of the molecule is O=C(NCCOc1ccccc1)Nc1ccccc1F. The predicted molar refractivity (Wildman–Crippen MR) is 75.4 cm³/mol. The highest BCUT2D eigenvalue weighted by molar-refractivity contribution is 5.89. The molecule has 0 aromatic heterocycles. The molecule has 0 aliphatic heterocycles. The number of carbonyl (C=O) groups is 1. The first kappa shape index (κ1) is 13.9. The van der Waals surface area contributed by atoms with Crippen molar-refractivity contribution in [2.24, 2.45) is 0 Å². The maximum atomic E-state index is 13.3. The van der Waals surface area contributed by atoms with Gasteiger partial charge in [-0.3, -0.25) is 0 Å². The Bertz CT molecular complexity index is 561. The zero-order chi connectivity index (χ0) is 14.2. The summed E-state index contributed by atoms with van der Waals surface area (Å²) < 4.78 is 18.7. The quantitative estimate of drug-likeness (QED) is 0.823. The Morgan fingerprint density at radius 2 is 1.75 bits per heavy atom. The number of benzene rings is 2. The van der Waals surface area contributed by atoms with Crippen LogP contribution in [0.4, 0.5) is 14.9 Å². The average Bonchev–Trinajstić information content (AvgIpc) is 2.47. The lowest BCUT2D eigenvalue weighted by molar-refractivity contribution is 0.247. The van der Waals surface area contributed by atoms with E-state index in [2.05, 4.69) is 10.6 Å². The monoisotopic (exact) mass is 274 g/mol. The molecule has 0 spiro atoms. The number of amides is 2. The maximum Gasteiger partial charge on any atom is 0.319 e. The van der Waals surface area contributed by atoms with Gasteiger partial charge in [-0.15, -0.1) is 0 Å². The number of para-hydroxylation sites is 2. The number of anilines is 1. The molecule has 2 aromatic carbocycles. The molecule has 0 atom stereocenters. The normalized spacial score (nSPS) is 9.85. The molecule has 20 heavy (non-hydrogen) atoms. The number of carbonyl (C=O) groups excluding carboxylic acids is 1. The molecule has 0 saturated heterocycles. The topological polar surface area (TPSA) is 50.4 Å². The van der Waals surface area contributed by atoms with Gasteiger partial charge in [0, 0.05) is 0 Å². The summed E-state index contributed by atoms with van der Waals surface area (Å²) in [5, 5.41) is 5.02. The summed E-state index contributed by atoms with van der Waals surface area (Å²) in [5.74, 6) is 0.270. The Morgan fingerprint density at radius 1 is 1.05 bits per heavy atom. The van der Waals surface area contributed by atoms with Crippen molar-refractivity contribution in [3.63, 3.8) is 0 Å². The molecule has 0 radical (unpaired) electrons. The van der Waals surface area contributed by atoms with Gasteiger partial charge in [0.2, 0.25) is 0 Å². The first-order valence-electron chi connectivity index (χ1n) is 6.23. The van der Waals surface area contributed by atoms with Crippen molar-refractivity contribution in [1.29, 1.82) is 0 Å². The van der Waals surface area contributed by atoms with Crippen LogP contribution in [0, 0.1) is 5.82 Å². The first-order valence-corrected chi connectivity index (χ1v) is 6.23. The van der Waals surface area contributed by atoms with Gasteiger partial charge in [0.05, 0.1) is 12.2 Å². The molecule has 2 aromatic rings. The van der Waals surface area contributed by atoms with E-state index in [-0.39, 0.29) is 5.69 Å². The molecular weight excluding hydrogens is 259 g/mol. The van der Waals surface area contributed by atoms with Gasteiger partial charge in [-0.2, -0.15) is 0 Å². The van der Waals surface area contributed by atoms with E-state index < -0.39 is 11.8 Å². The second kappa shape index (κ2) is 7.13. The molecular formula is C15H15FN2O2. The van der Waals surface area contributed by atoms with Crippen LogP contribution < -0.4 is 15.4 Å². The van der Waals surface area contributed by atoms with Crippen LogP contribution in [0.2, 0.25) is 0 Å². The molecule has 0 aliphatic rings. The van der Waals surface area contributed by atoms with Crippen LogP contribution in [0.3, 0.4) is 0 Å². The van der Waals surface area contributed by atoms with Crippen molar-refractivity contribution >= 4 is 11.7 Å². The van der Waals surface area contributed by atoms with Gasteiger partial charge in [-0.05, 0) is 24.3 Å². The zero-order valence-corrected chi connectivity index (χ0v) is 10.8. The summed E-state index contributed by atoms with van der Waals surface area (Å²) in [4.78, 5) is 11.5. The smallest absolute Gasteiger partial charge is 0.319 e. The lowest BCUT2D eigenvalue weighted by Crippen LogP contribution is -2.32. The van der Waals surface area contributed by atoms with Crippen LogP contribution in [-0.2, 0) is 0 Å². The molecule has 0 bridgehead atoms. The van der Waals surface area contributed by atoms with E-state index in [9.17, 15) is 9.18 Å². The van der Waals surface area contributed by atoms with Crippen molar-refractivity contribution < 1.29 is 13.9 Å². The van der Waals surface area contributed by atoms with Gasteiger partial charge < -0.3 is 15.4 Å². The summed E-state index contributed by atoms with van der Waals surface area (Å²) in [5.41, 5.74) is 0.147. The summed E-state index contributed by atoms with van der Waals surface area (Å²) >= 11 is 0. The van der Waals surface area contributed by atoms with Crippen molar-refractivity contribution in [2.45, 2.75) is 0 Å². The third-order valence-corrected chi connectivity index (χ3v) is 2.52. The molecule has 0 fully saturated rings.